The number of rotatable bonds is 9. The number of alkyl halides is 2. The Morgan fingerprint density at radius 3 is 2.41 bits per heavy atom. The first-order chi connectivity index (χ1) is 13.6. The first-order valence-corrected chi connectivity index (χ1v) is 10.2. The van der Waals surface area contributed by atoms with Crippen LogP contribution >= 0.6 is 0 Å². The van der Waals surface area contributed by atoms with Crippen LogP contribution in [0.1, 0.15) is 52.0 Å². The molecule has 0 saturated carbocycles. The Kier molecular flexibility index (Phi) is 7.88. The van der Waals surface area contributed by atoms with Gasteiger partial charge < -0.3 is 10.2 Å². The number of nitrogens with one attached hydrogen (secondary N) is 1. The van der Waals surface area contributed by atoms with E-state index in [0.29, 0.717) is 13.0 Å². The van der Waals surface area contributed by atoms with Crippen molar-refractivity contribution in [2.75, 3.05) is 6.54 Å². The second-order valence-corrected chi connectivity index (χ2v) is 8.06. The molecule has 1 unspecified atom stereocenters. The molecule has 2 atom stereocenters. The van der Waals surface area contributed by atoms with E-state index in [1.54, 1.807) is 18.7 Å². The standard InChI is InChI=1S/C22H30F2N2O3/c1-15(2)19(25-21(29)26-14-8-9-16(26)3)20(28)22(23,24)18(27)13-7-12-17-10-5-4-6-11-17/h4-6,10-11,15-16,19H,7-9,12-14H2,1-3H3,(H,25,29)/t16-,19?/m1/s1. The molecule has 0 aliphatic carbocycles. The van der Waals surface area contributed by atoms with Crippen LogP contribution in [-0.4, -0.2) is 47.0 Å². The molecular formula is C22H30F2N2O3. The van der Waals surface area contributed by atoms with Crippen molar-refractivity contribution >= 4 is 17.6 Å². The maximum absolute atomic E-state index is 14.6. The fourth-order valence-electron chi connectivity index (χ4n) is 3.57. The molecule has 2 amide bonds. The number of carbonyl (C=O) groups excluding carboxylic acids is 3. The summed E-state index contributed by atoms with van der Waals surface area (Å²) in [6.45, 7) is 5.56. The van der Waals surface area contributed by atoms with Crippen LogP contribution in [0.5, 0.6) is 0 Å². The van der Waals surface area contributed by atoms with E-state index in [4.69, 9.17) is 0 Å². The van der Waals surface area contributed by atoms with E-state index in [-0.39, 0.29) is 12.5 Å². The molecule has 1 aromatic carbocycles. The number of amides is 2. The van der Waals surface area contributed by atoms with Crippen LogP contribution in [0, 0.1) is 5.92 Å². The summed E-state index contributed by atoms with van der Waals surface area (Å²) in [6, 6.07) is 7.30. The summed E-state index contributed by atoms with van der Waals surface area (Å²) in [5.74, 6) is -7.60. The lowest BCUT2D eigenvalue weighted by Gasteiger charge is -2.29. The quantitative estimate of drug-likeness (QED) is 0.628. The van der Waals surface area contributed by atoms with Gasteiger partial charge in [0.25, 0.3) is 0 Å². The van der Waals surface area contributed by atoms with Crippen molar-refractivity contribution in [3.8, 4) is 0 Å². The predicted octanol–water partition coefficient (Wildman–Crippen LogP) is 4.00. The van der Waals surface area contributed by atoms with Gasteiger partial charge in [0.1, 0.15) is 0 Å². The van der Waals surface area contributed by atoms with Crippen LogP contribution in [0.25, 0.3) is 0 Å². The largest absolute Gasteiger partial charge is 0.364 e. The number of carbonyl (C=O) groups is 3. The molecule has 160 valence electrons. The summed E-state index contributed by atoms with van der Waals surface area (Å²) in [5.41, 5.74) is 0.946. The monoisotopic (exact) mass is 408 g/mol. The molecule has 7 heteroatoms. The molecular weight excluding hydrogens is 378 g/mol. The van der Waals surface area contributed by atoms with Crippen LogP contribution in [0.4, 0.5) is 13.6 Å². The van der Waals surface area contributed by atoms with E-state index in [9.17, 15) is 23.2 Å². The maximum atomic E-state index is 14.6. The summed E-state index contributed by atoms with van der Waals surface area (Å²) >= 11 is 0. The fourth-order valence-corrected chi connectivity index (χ4v) is 3.57. The number of benzene rings is 1. The number of nitrogens with zero attached hydrogens (tertiary/aromatic N) is 1. The third kappa shape index (κ3) is 5.84. The van der Waals surface area contributed by atoms with Gasteiger partial charge in [-0.3, -0.25) is 9.59 Å². The van der Waals surface area contributed by atoms with E-state index in [0.717, 1.165) is 18.4 Å². The molecule has 1 aliphatic heterocycles. The number of likely N-dealkylation sites (tertiary alicyclic amines) is 1. The minimum atomic E-state index is -4.12. The molecule has 1 saturated heterocycles. The van der Waals surface area contributed by atoms with Crippen molar-refractivity contribution in [3.05, 3.63) is 35.9 Å². The van der Waals surface area contributed by atoms with Gasteiger partial charge in [0.2, 0.25) is 11.6 Å². The Morgan fingerprint density at radius 2 is 1.86 bits per heavy atom. The third-order valence-corrected chi connectivity index (χ3v) is 5.41. The summed E-state index contributed by atoms with van der Waals surface area (Å²) in [4.78, 5) is 38.6. The number of aryl methyl sites for hydroxylation is 1. The topological polar surface area (TPSA) is 66.5 Å². The van der Waals surface area contributed by atoms with E-state index < -0.39 is 41.9 Å². The van der Waals surface area contributed by atoms with Gasteiger partial charge in [0.15, 0.2) is 0 Å². The van der Waals surface area contributed by atoms with Gasteiger partial charge in [0, 0.05) is 19.0 Å². The number of Topliss-reactive ketones (excluding diaryl/α,β-unsaturated/α-hetero) is 2. The Balaban J connectivity index is 1.98. The Bertz CT molecular complexity index is 722. The molecule has 1 heterocycles. The predicted molar refractivity (Wildman–Crippen MR) is 107 cm³/mol. The van der Waals surface area contributed by atoms with Gasteiger partial charge >= 0.3 is 12.0 Å². The van der Waals surface area contributed by atoms with Gasteiger partial charge in [-0.1, -0.05) is 44.2 Å². The van der Waals surface area contributed by atoms with Crippen molar-refractivity contribution in [1.29, 1.82) is 0 Å². The van der Waals surface area contributed by atoms with E-state index in [2.05, 4.69) is 5.32 Å². The lowest BCUT2D eigenvalue weighted by Crippen LogP contribution is -2.56. The van der Waals surface area contributed by atoms with Gasteiger partial charge in [0.05, 0.1) is 6.04 Å². The highest BCUT2D eigenvalue weighted by atomic mass is 19.3. The molecule has 2 rings (SSSR count). The Labute approximate surface area is 170 Å². The lowest BCUT2D eigenvalue weighted by atomic mass is 9.92. The number of ketones is 2. The minimum absolute atomic E-state index is 0.00181. The molecule has 1 N–H and O–H groups in total. The van der Waals surface area contributed by atoms with E-state index >= 15 is 0 Å². The second-order valence-electron chi connectivity index (χ2n) is 8.06. The summed E-state index contributed by atoms with van der Waals surface area (Å²) in [6.07, 6.45) is 1.99. The van der Waals surface area contributed by atoms with Gasteiger partial charge in [-0.25, -0.2) is 4.79 Å². The van der Waals surface area contributed by atoms with Gasteiger partial charge in [-0.15, -0.1) is 0 Å². The van der Waals surface area contributed by atoms with Crippen molar-refractivity contribution in [2.24, 2.45) is 5.92 Å². The fraction of sp³-hybridized carbons (Fsp3) is 0.591. The first-order valence-electron chi connectivity index (χ1n) is 10.2. The number of halogens is 2. The van der Waals surface area contributed by atoms with Crippen molar-refractivity contribution in [3.63, 3.8) is 0 Å². The van der Waals surface area contributed by atoms with Crippen molar-refractivity contribution in [1.82, 2.24) is 10.2 Å². The average molecular weight is 408 g/mol. The third-order valence-electron chi connectivity index (χ3n) is 5.41. The van der Waals surface area contributed by atoms with Crippen LogP contribution in [0.15, 0.2) is 30.3 Å². The normalized spacial score (nSPS) is 18.0. The zero-order valence-corrected chi connectivity index (χ0v) is 17.3. The van der Waals surface area contributed by atoms with E-state index in [1.165, 1.54) is 0 Å². The molecule has 1 aromatic rings. The number of hydrogen-bond acceptors (Lipinski definition) is 3. The van der Waals surface area contributed by atoms with Crippen LogP contribution in [-0.2, 0) is 16.0 Å². The molecule has 0 bridgehead atoms. The SMILES string of the molecule is CC(C)C(NC(=O)N1CCC[C@H]1C)C(=O)C(F)(F)C(=O)CCCc1ccccc1. The zero-order valence-electron chi connectivity index (χ0n) is 17.3. The smallest absolute Gasteiger partial charge is 0.328 e. The van der Waals surface area contributed by atoms with Crippen LogP contribution in [0.3, 0.4) is 0 Å². The molecule has 0 spiro atoms. The highest BCUT2D eigenvalue weighted by Crippen LogP contribution is 2.25. The molecule has 1 fully saturated rings. The van der Waals surface area contributed by atoms with Gasteiger partial charge in [-0.2, -0.15) is 8.78 Å². The first kappa shape index (κ1) is 23.0. The second kappa shape index (κ2) is 9.94. The molecule has 29 heavy (non-hydrogen) atoms. The van der Waals surface area contributed by atoms with E-state index in [1.807, 2.05) is 37.3 Å². The summed E-state index contributed by atoms with van der Waals surface area (Å²) in [7, 11) is 0. The number of hydrogen-bond donors (Lipinski definition) is 1. The Hall–Kier alpha value is -2.31. The molecule has 0 aromatic heterocycles. The molecule has 1 aliphatic rings. The van der Waals surface area contributed by atoms with Crippen molar-refractivity contribution in [2.45, 2.75) is 70.9 Å². The zero-order chi connectivity index (χ0) is 21.6. The highest BCUT2D eigenvalue weighted by molar-refractivity contribution is 6.11. The molecule has 5 nitrogen and oxygen atoms in total. The highest BCUT2D eigenvalue weighted by Gasteiger charge is 2.50. The summed E-state index contributed by atoms with van der Waals surface area (Å²) in [5, 5.41) is 2.44. The van der Waals surface area contributed by atoms with Crippen LogP contribution in [0.2, 0.25) is 0 Å². The lowest BCUT2D eigenvalue weighted by molar-refractivity contribution is -0.158. The maximum Gasteiger partial charge on any atom is 0.364 e. The van der Waals surface area contributed by atoms with Crippen molar-refractivity contribution < 1.29 is 23.2 Å². The molecule has 0 radical (unpaired) electrons. The van der Waals surface area contributed by atoms with Gasteiger partial charge in [-0.05, 0) is 44.1 Å². The average Bonchev–Trinajstić information content (AvgIpc) is 3.11. The Morgan fingerprint density at radius 1 is 1.21 bits per heavy atom. The summed E-state index contributed by atoms with van der Waals surface area (Å²) < 4.78 is 29.2. The number of urea groups is 1. The minimum Gasteiger partial charge on any atom is -0.328 e. The van der Waals surface area contributed by atoms with Crippen LogP contribution < -0.4 is 5.32 Å².